The summed E-state index contributed by atoms with van der Waals surface area (Å²) in [5.74, 6) is -2.27. The van der Waals surface area contributed by atoms with Crippen LogP contribution >= 0.6 is 0 Å². The lowest BCUT2D eigenvalue weighted by atomic mass is 10.0. The van der Waals surface area contributed by atoms with E-state index in [1.807, 2.05) is 21.1 Å². The van der Waals surface area contributed by atoms with E-state index in [0.29, 0.717) is 17.4 Å². The molecule has 0 aliphatic carbocycles. The van der Waals surface area contributed by atoms with E-state index in [9.17, 15) is 19.5 Å². The van der Waals surface area contributed by atoms with E-state index in [0.717, 1.165) is 89.9 Å². The quantitative estimate of drug-likeness (QED) is 0.0195. The van der Waals surface area contributed by atoms with Gasteiger partial charge in [0.2, 0.25) is 0 Å². The van der Waals surface area contributed by atoms with Gasteiger partial charge in [-0.1, -0.05) is 309 Å². The topological polar surface area (TPSA) is 111 Å². The molecule has 0 aliphatic rings. The SMILES string of the molecule is CC/C=C\C/C=C\C/C=C\C/C=C\C/C=C\CCCCCCCCCCCCCCCCCCCCCC(=O)OC(COC(=O)CCCCCCCCCCCCCCCC/C=C\C/C=C\C/C=C\C/C=C\CC)COC(OCC[N+](C)(C)C)C(=O)[O-]. The van der Waals surface area contributed by atoms with Crippen LogP contribution in [-0.4, -0.2) is 82.3 Å². The van der Waals surface area contributed by atoms with Crippen LogP contribution in [0.2, 0.25) is 0 Å². The molecule has 0 rings (SSSR count). The average Bonchev–Trinajstić information content (AvgIpc) is 3.56. The minimum absolute atomic E-state index is 0.146. The minimum Gasteiger partial charge on any atom is -0.545 e. The minimum atomic E-state index is -1.63. The lowest BCUT2D eigenvalue weighted by molar-refractivity contribution is -0.870. The van der Waals surface area contributed by atoms with Crippen LogP contribution in [0.15, 0.2) is 109 Å². The van der Waals surface area contributed by atoms with Gasteiger partial charge in [0.1, 0.15) is 13.2 Å². The van der Waals surface area contributed by atoms with Crippen LogP contribution in [-0.2, 0) is 33.3 Å². The van der Waals surface area contributed by atoms with Crippen molar-refractivity contribution in [2.45, 2.75) is 322 Å². The first kappa shape index (κ1) is 83.0. The molecular weight excluding hydrogens is 1080 g/mol. The number of hydrogen-bond acceptors (Lipinski definition) is 8. The molecule has 0 N–H and O–H groups in total. The van der Waals surface area contributed by atoms with E-state index in [2.05, 4.69) is 123 Å². The van der Waals surface area contributed by atoms with E-state index >= 15 is 0 Å². The summed E-state index contributed by atoms with van der Waals surface area (Å²) in [4.78, 5) is 37.5. The zero-order chi connectivity index (χ0) is 63.3. The molecule has 9 nitrogen and oxygen atoms in total. The molecule has 0 aromatic heterocycles. The van der Waals surface area contributed by atoms with Crippen molar-refractivity contribution >= 4 is 17.9 Å². The summed E-state index contributed by atoms with van der Waals surface area (Å²) in [6, 6.07) is 0. The summed E-state index contributed by atoms with van der Waals surface area (Å²) in [7, 11) is 5.94. The third-order valence-electron chi connectivity index (χ3n) is 15.5. The number of rotatable bonds is 66. The van der Waals surface area contributed by atoms with Crippen LogP contribution < -0.4 is 5.11 Å². The molecule has 0 aliphatic heterocycles. The predicted molar refractivity (Wildman–Crippen MR) is 370 cm³/mol. The standard InChI is InChI=1S/C78H135NO8/c1-6-8-10-12-14-16-18-20-22-24-26-28-30-32-34-35-36-37-38-39-40-41-43-45-47-49-51-53-55-57-59-61-63-65-67-69-76(81)87-74(73-86-78(77(82)83)84-71-70-79(3,4)5)72-85-75(80)68-66-64-62-60-58-56-54-52-50-48-46-44-42-33-31-29-27-25-23-21-19-17-15-13-11-9-7-2/h8-11,14-17,20-23,26-29,32,34,74,78H,6-7,12-13,18-19,24-25,30-31,33,35-73H2,1-5H3/b10-8-,11-9-,16-14-,17-15-,22-20-,23-21-,28-26-,29-27-,34-32-. The Hall–Kier alpha value is -4.05. The molecule has 2 atom stereocenters. The Morgan fingerprint density at radius 2 is 0.621 bits per heavy atom. The number of aliphatic carboxylic acids is 1. The second kappa shape index (κ2) is 67.9. The fourth-order valence-electron chi connectivity index (χ4n) is 10.1. The summed E-state index contributed by atoms with van der Waals surface area (Å²) >= 11 is 0. The molecule has 500 valence electrons. The molecule has 0 saturated heterocycles. The molecule has 0 radical (unpaired) electrons. The Morgan fingerprint density at radius 3 is 0.920 bits per heavy atom. The summed E-state index contributed by atoms with van der Waals surface area (Å²) in [6.45, 7) is 4.55. The summed E-state index contributed by atoms with van der Waals surface area (Å²) < 4.78 is 22.8. The summed E-state index contributed by atoms with van der Waals surface area (Å²) in [5.41, 5.74) is 0. The molecule has 0 bridgehead atoms. The average molecular weight is 1210 g/mol. The fraction of sp³-hybridized carbons (Fsp3) is 0.731. The van der Waals surface area contributed by atoms with Crippen LogP contribution in [0.1, 0.15) is 309 Å². The third kappa shape index (κ3) is 69.3. The van der Waals surface area contributed by atoms with Gasteiger partial charge < -0.3 is 33.3 Å². The van der Waals surface area contributed by atoms with Crippen molar-refractivity contribution in [1.29, 1.82) is 0 Å². The van der Waals surface area contributed by atoms with Crippen molar-refractivity contribution in [2.24, 2.45) is 0 Å². The maximum absolute atomic E-state index is 12.9. The smallest absolute Gasteiger partial charge is 0.306 e. The first-order valence-corrected chi connectivity index (χ1v) is 36.0. The number of allylic oxidation sites excluding steroid dienone is 18. The van der Waals surface area contributed by atoms with E-state index in [1.54, 1.807) is 0 Å². The number of esters is 2. The fourth-order valence-corrected chi connectivity index (χ4v) is 10.1. The Balaban J connectivity index is 4.07. The van der Waals surface area contributed by atoms with Crippen molar-refractivity contribution in [3.05, 3.63) is 109 Å². The van der Waals surface area contributed by atoms with E-state index in [1.165, 1.54) is 186 Å². The van der Waals surface area contributed by atoms with E-state index in [4.69, 9.17) is 18.9 Å². The van der Waals surface area contributed by atoms with E-state index in [-0.39, 0.29) is 38.6 Å². The van der Waals surface area contributed by atoms with Gasteiger partial charge in [-0.3, -0.25) is 9.59 Å². The Labute approximate surface area is 536 Å². The van der Waals surface area contributed by atoms with Gasteiger partial charge in [-0.15, -0.1) is 0 Å². The lowest BCUT2D eigenvalue weighted by Gasteiger charge is -2.26. The largest absolute Gasteiger partial charge is 0.545 e. The Morgan fingerprint density at radius 1 is 0.345 bits per heavy atom. The third-order valence-corrected chi connectivity index (χ3v) is 15.5. The molecule has 0 amide bonds. The molecule has 0 saturated carbocycles. The molecule has 87 heavy (non-hydrogen) atoms. The highest BCUT2D eigenvalue weighted by molar-refractivity contribution is 5.70. The van der Waals surface area contributed by atoms with Crippen molar-refractivity contribution in [3.63, 3.8) is 0 Å². The van der Waals surface area contributed by atoms with Gasteiger partial charge in [0, 0.05) is 12.8 Å². The second-order valence-electron chi connectivity index (χ2n) is 25.1. The molecule has 0 aromatic carbocycles. The van der Waals surface area contributed by atoms with Gasteiger partial charge in [0.05, 0.1) is 40.3 Å². The Bertz CT molecular complexity index is 1800. The maximum Gasteiger partial charge on any atom is 0.306 e. The van der Waals surface area contributed by atoms with Crippen molar-refractivity contribution in [2.75, 3.05) is 47.5 Å². The number of unbranched alkanes of at least 4 members (excludes halogenated alkanes) is 33. The van der Waals surface area contributed by atoms with Crippen molar-refractivity contribution < 1.29 is 42.9 Å². The van der Waals surface area contributed by atoms with Gasteiger partial charge >= 0.3 is 11.9 Å². The van der Waals surface area contributed by atoms with Crippen LogP contribution in [0.3, 0.4) is 0 Å². The number of carbonyl (C=O) groups excluding carboxylic acids is 3. The molecule has 0 spiro atoms. The van der Waals surface area contributed by atoms with Crippen LogP contribution in [0.4, 0.5) is 0 Å². The zero-order valence-electron chi connectivity index (χ0n) is 57.1. The zero-order valence-corrected chi connectivity index (χ0v) is 57.1. The first-order valence-electron chi connectivity index (χ1n) is 36.0. The number of carboxylic acids is 1. The highest BCUT2D eigenvalue weighted by atomic mass is 16.7. The molecular formula is C78H135NO8. The molecule has 2 unspecified atom stereocenters. The van der Waals surface area contributed by atoms with E-state index < -0.39 is 24.3 Å². The van der Waals surface area contributed by atoms with Crippen molar-refractivity contribution in [1.82, 2.24) is 0 Å². The van der Waals surface area contributed by atoms with Gasteiger partial charge in [-0.25, -0.2) is 0 Å². The number of hydrogen-bond donors (Lipinski definition) is 0. The highest BCUT2D eigenvalue weighted by Gasteiger charge is 2.22. The number of ether oxygens (including phenoxy) is 4. The van der Waals surface area contributed by atoms with Crippen LogP contribution in [0.25, 0.3) is 0 Å². The predicted octanol–water partition coefficient (Wildman–Crippen LogP) is 21.2. The first-order chi connectivity index (χ1) is 42.6. The second-order valence-corrected chi connectivity index (χ2v) is 25.1. The lowest BCUT2D eigenvalue weighted by Crippen LogP contribution is -2.44. The molecule has 0 aromatic rings. The number of quaternary nitrogens is 1. The van der Waals surface area contributed by atoms with Gasteiger partial charge in [-0.05, 0) is 96.3 Å². The van der Waals surface area contributed by atoms with Gasteiger partial charge in [-0.2, -0.15) is 0 Å². The van der Waals surface area contributed by atoms with Crippen LogP contribution in [0, 0.1) is 0 Å². The summed E-state index contributed by atoms with van der Waals surface area (Å²) in [6.07, 6.45) is 91.8. The molecule has 9 heteroatoms. The molecule has 0 heterocycles. The van der Waals surface area contributed by atoms with Gasteiger partial charge in [0.25, 0.3) is 0 Å². The number of nitrogens with zero attached hydrogens (tertiary/aromatic N) is 1. The highest BCUT2D eigenvalue weighted by Crippen LogP contribution is 2.18. The summed E-state index contributed by atoms with van der Waals surface area (Å²) in [5, 5.41) is 11.8. The normalized spacial score (nSPS) is 13.3. The Kier molecular flexibility index (Phi) is 64.7. The van der Waals surface area contributed by atoms with Gasteiger partial charge in [0.15, 0.2) is 12.4 Å². The number of likely N-dealkylation sites (N-methyl/N-ethyl adjacent to an activating group) is 1. The monoisotopic (exact) mass is 1210 g/mol. The maximum atomic E-state index is 12.9. The number of carboxylic acid groups (broad SMARTS) is 1. The number of carbonyl (C=O) groups is 3. The van der Waals surface area contributed by atoms with Crippen LogP contribution in [0.5, 0.6) is 0 Å². The molecule has 0 fully saturated rings. The van der Waals surface area contributed by atoms with Crippen molar-refractivity contribution in [3.8, 4) is 0 Å².